The Hall–Kier alpha value is -5.84. The Kier molecular flexibility index (Phi) is 8.00. The third-order valence-electron chi connectivity index (χ3n) is 6.69. The molecule has 4 aromatic carbocycles. The van der Waals surface area contributed by atoms with Gasteiger partial charge in [-0.25, -0.2) is 10.2 Å². The number of rotatable bonds is 9. The molecule has 0 radical (unpaired) electrons. The lowest BCUT2D eigenvalue weighted by Gasteiger charge is -2.30. The molecule has 2 N–H and O–H groups in total. The zero-order valence-corrected chi connectivity index (χ0v) is 22.4. The van der Waals surface area contributed by atoms with Gasteiger partial charge in [0, 0.05) is 18.6 Å². The van der Waals surface area contributed by atoms with Crippen LogP contribution in [0.25, 0.3) is 0 Å². The van der Waals surface area contributed by atoms with E-state index in [9.17, 15) is 19.7 Å². The average Bonchev–Trinajstić information content (AvgIpc) is 3.49. The van der Waals surface area contributed by atoms with E-state index in [1.54, 1.807) is 12.1 Å². The molecule has 0 saturated heterocycles. The van der Waals surface area contributed by atoms with Crippen molar-refractivity contribution < 1.29 is 24.0 Å². The Labute approximate surface area is 240 Å². The van der Waals surface area contributed by atoms with Crippen LogP contribution in [0, 0.1) is 10.1 Å². The van der Waals surface area contributed by atoms with Crippen LogP contribution in [0.5, 0.6) is 11.5 Å². The number of hydrogen-bond acceptors (Lipinski definition) is 9. The molecule has 1 aliphatic heterocycles. The van der Waals surface area contributed by atoms with Gasteiger partial charge in [0.15, 0.2) is 11.5 Å². The molecule has 1 heterocycles. The highest BCUT2D eigenvalue weighted by atomic mass is 16.6. The van der Waals surface area contributed by atoms with Gasteiger partial charge in [-0.3, -0.25) is 20.3 Å². The van der Waals surface area contributed by atoms with Crippen LogP contribution < -0.4 is 20.3 Å². The normalized spacial score (nSPS) is 13.6. The Balaban J connectivity index is 1.24. The summed E-state index contributed by atoms with van der Waals surface area (Å²) in [6.07, 6.45) is 1.75. The van der Waals surface area contributed by atoms with E-state index in [1.807, 2.05) is 60.7 Å². The van der Waals surface area contributed by atoms with Gasteiger partial charge in [0.1, 0.15) is 11.3 Å². The molecule has 1 aliphatic rings. The van der Waals surface area contributed by atoms with Crippen molar-refractivity contribution in [2.24, 2.45) is 10.2 Å². The van der Waals surface area contributed by atoms with Gasteiger partial charge in [-0.15, -0.1) is 0 Å². The van der Waals surface area contributed by atoms with E-state index in [2.05, 4.69) is 21.1 Å². The lowest BCUT2D eigenvalue weighted by atomic mass is 9.80. The van der Waals surface area contributed by atoms with Crippen LogP contribution in [-0.2, 0) is 10.3 Å². The molecule has 0 fully saturated rings. The van der Waals surface area contributed by atoms with Gasteiger partial charge >= 0.3 is 5.97 Å². The number of amides is 1. The van der Waals surface area contributed by atoms with Crippen molar-refractivity contribution in [1.29, 1.82) is 0 Å². The molecular formula is C31H25N5O6. The van der Waals surface area contributed by atoms with E-state index < -0.39 is 22.3 Å². The number of non-ortho nitro benzene ring substituents is 1. The Morgan fingerprint density at radius 2 is 1.60 bits per heavy atom. The molecular weight excluding hydrogens is 538 g/mol. The van der Waals surface area contributed by atoms with Crippen LogP contribution in [0.1, 0.15) is 33.5 Å². The van der Waals surface area contributed by atoms with Crippen molar-refractivity contribution in [1.82, 2.24) is 10.9 Å². The lowest BCUT2D eigenvalue weighted by Crippen LogP contribution is -2.38. The number of hydrogen-bond donors (Lipinski definition) is 2. The van der Waals surface area contributed by atoms with Gasteiger partial charge in [0.2, 0.25) is 0 Å². The number of carbonyl (C=O) groups is 2. The van der Waals surface area contributed by atoms with Crippen LogP contribution in [0.2, 0.25) is 0 Å². The standard InChI is InChI=1S/C31H25N5O6/c1-41-28-18-21(12-17-27(28)42-30(38)22-13-15-25(16-14-22)36(39)40)20-32-34-29(37)26-19-31(35-33-26,23-8-4-2-5-9-23)24-10-6-3-7-11-24/h2-18,20,35H,19H2,1H3,(H,34,37)/b32-20-. The topological polar surface area (TPSA) is 145 Å². The second kappa shape index (κ2) is 12.1. The minimum Gasteiger partial charge on any atom is -0.493 e. The number of nitrogens with zero attached hydrogens (tertiary/aromatic N) is 3. The molecule has 0 bridgehead atoms. The first kappa shape index (κ1) is 27.7. The van der Waals surface area contributed by atoms with E-state index in [4.69, 9.17) is 9.47 Å². The van der Waals surface area contributed by atoms with Crippen molar-refractivity contribution in [3.05, 3.63) is 135 Å². The molecule has 0 unspecified atom stereocenters. The van der Waals surface area contributed by atoms with Crippen molar-refractivity contribution in [2.45, 2.75) is 12.0 Å². The highest BCUT2D eigenvalue weighted by Crippen LogP contribution is 2.36. The molecule has 0 atom stereocenters. The van der Waals surface area contributed by atoms with E-state index in [0.29, 0.717) is 17.7 Å². The number of esters is 1. The van der Waals surface area contributed by atoms with E-state index in [0.717, 1.165) is 11.1 Å². The predicted octanol–water partition coefficient (Wildman–Crippen LogP) is 4.57. The Morgan fingerprint density at radius 3 is 2.19 bits per heavy atom. The fraction of sp³-hybridized carbons (Fsp3) is 0.0968. The van der Waals surface area contributed by atoms with Crippen LogP contribution in [0.15, 0.2) is 113 Å². The molecule has 0 aliphatic carbocycles. The largest absolute Gasteiger partial charge is 0.493 e. The van der Waals surface area contributed by atoms with E-state index in [1.165, 1.54) is 43.7 Å². The zero-order valence-electron chi connectivity index (χ0n) is 22.4. The molecule has 42 heavy (non-hydrogen) atoms. The van der Waals surface area contributed by atoms with Crippen molar-refractivity contribution >= 4 is 29.5 Å². The van der Waals surface area contributed by atoms with Crippen LogP contribution in [0.3, 0.4) is 0 Å². The quantitative estimate of drug-likeness (QED) is 0.0998. The molecule has 0 spiro atoms. The van der Waals surface area contributed by atoms with E-state index in [-0.39, 0.29) is 22.7 Å². The first-order chi connectivity index (χ1) is 20.4. The fourth-order valence-corrected chi connectivity index (χ4v) is 4.53. The minimum atomic E-state index is -0.704. The zero-order chi connectivity index (χ0) is 29.5. The number of nitro benzene ring substituents is 1. The monoisotopic (exact) mass is 563 g/mol. The van der Waals surface area contributed by atoms with Gasteiger partial charge in [-0.1, -0.05) is 60.7 Å². The smallest absolute Gasteiger partial charge is 0.343 e. The number of methoxy groups -OCH3 is 1. The highest BCUT2D eigenvalue weighted by molar-refractivity contribution is 6.39. The lowest BCUT2D eigenvalue weighted by molar-refractivity contribution is -0.384. The number of hydrazone groups is 2. The Bertz CT molecular complexity index is 1630. The molecule has 1 amide bonds. The summed E-state index contributed by atoms with van der Waals surface area (Å²) in [5.41, 5.74) is 7.85. The number of carbonyl (C=O) groups excluding carboxylic acids is 2. The molecule has 11 heteroatoms. The predicted molar refractivity (Wildman–Crippen MR) is 156 cm³/mol. The summed E-state index contributed by atoms with van der Waals surface area (Å²) in [6.45, 7) is 0. The number of benzene rings is 4. The molecule has 4 aromatic rings. The van der Waals surface area contributed by atoms with Crippen LogP contribution in [0.4, 0.5) is 5.69 Å². The van der Waals surface area contributed by atoms with Crippen molar-refractivity contribution in [3.8, 4) is 11.5 Å². The van der Waals surface area contributed by atoms with Gasteiger partial charge < -0.3 is 9.47 Å². The number of ether oxygens (including phenoxy) is 2. The maximum atomic E-state index is 13.0. The SMILES string of the molecule is COc1cc(/C=N\NC(=O)C2=NNC(c3ccccc3)(c3ccccc3)C2)ccc1OC(=O)c1ccc([N+](=O)[O-])cc1. The maximum Gasteiger partial charge on any atom is 0.343 e. The van der Waals surface area contributed by atoms with Gasteiger partial charge in [-0.2, -0.15) is 10.2 Å². The van der Waals surface area contributed by atoms with Gasteiger partial charge in [-0.05, 0) is 47.0 Å². The molecule has 11 nitrogen and oxygen atoms in total. The van der Waals surface area contributed by atoms with Crippen LogP contribution >= 0.6 is 0 Å². The summed E-state index contributed by atoms with van der Waals surface area (Å²) in [6, 6.07) is 29.4. The third-order valence-corrected chi connectivity index (χ3v) is 6.69. The summed E-state index contributed by atoms with van der Waals surface area (Å²) in [7, 11) is 1.41. The molecule has 0 saturated carbocycles. The van der Waals surface area contributed by atoms with Gasteiger partial charge in [0.05, 0.1) is 23.8 Å². The molecule has 5 rings (SSSR count). The number of nitrogens with one attached hydrogen (secondary N) is 2. The first-order valence-electron chi connectivity index (χ1n) is 12.8. The van der Waals surface area contributed by atoms with Crippen molar-refractivity contribution in [2.75, 3.05) is 7.11 Å². The second-order valence-electron chi connectivity index (χ2n) is 9.29. The Morgan fingerprint density at radius 1 is 0.952 bits per heavy atom. The molecule has 0 aromatic heterocycles. The summed E-state index contributed by atoms with van der Waals surface area (Å²) >= 11 is 0. The van der Waals surface area contributed by atoms with E-state index >= 15 is 0 Å². The van der Waals surface area contributed by atoms with Gasteiger partial charge in [0.25, 0.3) is 11.6 Å². The molecule has 210 valence electrons. The maximum absolute atomic E-state index is 13.0. The summed E-state index contributed by atoms with van der Waals surface area (Å²) in [4.78, 5) is 35.7. The fourth-order valence-electron chi connectivity index (χ4n) is 4.53. The summed E-state index contributed by atoms with van der Waals surface area (Å²) < 4.78 is 10.8. The highest BCUT2D eigenvalue weighted by Gasteiger charge is 2.41. The number of nitro groups is 1. The summed E-state index contributed by atoms with van der Waals surface area (Å²) in [5.74, 6) is -0.759. The van der Waals surface area contributed by atoms with Crippen molar-refractivity contribution in [3.63, 3.8) is 0 Å². The van der Waals surface area contributed by atoms with Crippen LogP contribution in [-0.4, -0.2) is 35.8 Å². The average molecular weight is 564 g/mol. The third kappa shape index (κ3) is 5.85. The first-order valence-corrected chi connectivity index (χ1v) is 12.8. The second-order valence-corrected chi connectivity index (χ2v) is 9.29. The summed E-state index contributed by atoms with van der Waals surface area (Å²) in [5, 5.41) is 19.2. The minimum absolute atomic E-state index is 0.136.